The average Bonchev–Trinajstić information content (AvgIpc) is 2.03. The van der Waals surface area contributed by atoms with Gasteiger partial charge in [-0.1, -0.05) is 0 Å². The number of nitrogens with zero attached hydrogens (tertiary/aromatic N) is 3. The largest absolute Gasteiger partial charge is 0.328 e. The smallest absolute Gasteiger partial charge is 0.291 e. The minimum Gasteiger partial charge on any atom is -0.328 e. The molecule has 0 unspecified atom stereocenters. The van der Waals surface area contributed by atoms with Crippen LogP contribution >= 0.6 is 0 Å². The van der Waals surface area contributed by atoms with Gasteiger partial charge in [-0.05, 0) is 0 Å². The third kappa shape index (κ3) is 39.2. The fourth-order valence-electron chi connectivity index (χ4n) is 0.414. The van der Waals surface area contributed by atoms with Crippen LogP contribution in [0.5, 0.6) is 0 Å². The van der Waals surface area contributed by atoms with E-state index in [1.807, 2.05) is 12.1 Å². The Morgan fingerprint density at radius 2 is 1.62 bits per heavy atom. The molecule has 0 saturated heterocycles. The molecular formula is C6H10N4O3. The van der Waals surface area contributed by atoms with Gasteiger partial charge >= 0.3 is 0 Å². The standard InChI is InChI=1S/C6H9N3.HNO3/c7-3-1-5-9-6-2-4-8;2-1(3)4/h9H,1-2,5-6H2;(H,2,3,4). The van der Waals surface area contributed by atoms with Crippen LogP contribution in [0.25, 0.3) is 0 Å². The molecule has 0 atom stereocenters. The van der Waals surface area contributed by atoms with Crippen molar-refractivity contribution in [2.75, 3.05) is 13.1 Å². The molecule has 0 spiro atoms. The van der Waals surface area contributed by atoms with E-state index >= 15 is 0 Å². The van der Waals surface area contributed by atoms with Crippen LogP contribution < -0.4 is 5.32 Å². The molecule has 7 heteroatoms. The van der Waals surface area contributed by atoms with E-state index in [1.54, 1.807) is 0 Å². The van der Waals surface area contributed by atoms with E-state index in [-0.39, 0.29) is 0 Å². The first-order chi connectivity index (χ1) is 6.15. The van der Waals surface area contributed by atoms with E-state index in [4.69, 9.17) is 25.8 Å². The summed E-state index contributed by atoms with van der Waals surface area (Å²) in [4.78, 5) is 8.36. The van der Waals surface area contributed by atoms with Gasteiger partial charge < -0.3 is 10.5 Å². The Hall–Kier alpha value is -1.86. The van der Waals surface area contributed by atoms with Gasteiger partial charge in [-0.2, -0.15) is 10.5 Å². The van der Waals surface area contributed by atoms with Crippen molar-refractivity contribution in [1.82, 2.24) is 5.32 Å². The first-order valence-electron chi connectivity index (χ1n) is 3.43. The lowest BCUT2D eigenvalue weighted by Gasteiger charge is -1.93. The molecule has 0 amide bonds. The van der Waals surface area contributed by atoms with Crippen LogP contribution in [0.15, 0.2) is 0 Å². The lowest BCUT2D eigenvalue weighted by atomic mass is 10.4. The molecule has 7 nitrogen and oxygen atoms in total. The zero-order valence-corrected chi connectivity index (χ0v) is 6.93. The average molecular weight is 186 g/mol. The Kier molecular flexibility index (Phi) is 13.5. The molecule has 72 valence electrons. The monoisotopic (exact) mass is 186 g/mol. The fourth-order valence-corrected chi connectivity index (χ4v) is 0.414. The van der Waals surface area contributed by atoms with Crippen molar-refractivity contribution in [3.8, 4) is 12.1 Å². The van der Waals surface area contributed by atoms with Crippen LogP contribution in [0.1, 0.15) is 12.8 Å². The summed E-state index contributed by atoms with van der Waals surface area (Å²) >= 11 is 0. The Bertz CT molecular complexity index is 185. The summed E-state index contributed by atoms with van der Waals surface area (Å²) in [6.07, 6.45) is 1.04. The second-order valence-electron chi connectivity index (χ2n) is 1.80. The summed E-state index contributed by atoms with van der Waals surface area (Å²) in [5, 5.41) is 32.7. The maximum atomic E-state index is 8.36. The Labute approximate surface area is 75.3 Å². The summed E-state index contributed by atoms with van der Waals surface area (Å²) in [6.45, 7) is 1.39. The van der Waals surface area contributed by atoms with Crippen molar-refractivity contribution >= 4 is 0 Å². The van der Waals surface area contributed by atoms with Crippen molar-refractivity contribution in [3.05, 3.63) is 10.1 Å². The van der Waals surface area contributed by atoms with E-state index in [9.17, 15) is 0 Å². The van der Waals surface area contributed by atoms with Gasteiger partial charge in [0.15, 0.2) is 0 Å². The zero-order valence-electron chi connectivity index (χ0n) is 6.93. The van der Waals surface area contributed by atoms with Crippen molar-refractivity contribution in [2.24, 2.45) is 0 Å². The normalized spacial score (nSPS) is 7.23. The van der Waals surface area contributed by atoms with Crippen molar-refractivity contribution in [2.45, 2.75) is 12.8 Å². The van der Waals surface area contributed by atoms with Crippen molar-refractivity contribution in [1.29, 1.82) is 10.5 Å². The summed E-state index contributed by atoms with van der Waals surface area (Å²) in [7, 11) is 0. The second kappa shape index (κ2) is 12.8. The molecule has 0 radical (unpaired) electrons. The van der Waals surface area contributed by atoms with Gasteiger partial charge in [0.05, 0.1) is 12.1 Å². The van der Waals surface area contributed by atoms with Crippen LogP contribution in [0.2, 0.25) is 0 Å². The summed E-state index contributed by atoms with van der Waals surface area (Å²) in [6, 6.07) is 4.00. The highest BCUT2D eigenvalue weighted by Gasteiger charge is 1.82. The molecule has 0 rings (SSSR count). The first kappa shape index (κ1) is 13.7. The Morgan fingerprint density at radius 3 is 1.85 bits per heavy atom. The van der Waals surface area contributed by atoms with Crippen molar-refractivity contribution < 1.29 is 10.3 Å². The van der Waals surface area contributed by atoms with Gasteiger partial charge in [0.1, 0.15) is 0 Å². The molecule has 0 aliphatic carbocycles. The molecule has 0 aliphatic heterocycles. The minimum atomic E-state index is -1.50. The van der Waals surface area contributed by atoms with Crippen LogP contribution in [-0.2, 0) is 0 Å². The minimum absolute atomic E-state index is 0.519. The topological polar surface area (TPSA) is 123 Å². The van der Waals surface area contributed by atoms with Gasteiger partial charge in [0.25, 0.3) is 5.09 Å². The zero-order chi connectivity index (χ0) is 10.5. The Morgan fingerprint density at radius 1 is 1.31 bits per heavy atom. The number of hydrogen-bond acceptors (Lipinski definition) is 5. The van der Waals surface area contributed by atoms with Gasteiger partial charge in [0.2, 0.25) is 0 Å². The summed E-state index contributed by atoms with van der Waals surface area (Å²) in [5.41, 5.74) is 0. The Balaban J connectivity index is 0. The number of nitriles is 2. The first-order valence-corrected chi connectivity index (χ1v) is 3.43. The molecule has 0 aromatic rings. The van der Waals surface area contributed by atoms with E-state index in [0.29, 0.717) is 25.9 Å². The fraction of sp³-hybridized carbons (Fsp3) is 0.667. The van der Waals surface area contributed by atoms with Crippen LogP contribution in [-0.4, -0.2) is 23.4 Å². The second-order valence-corrected chi connectivity index (χ2v) is 1.80. The molecule has 0 bridgehead atoms. The predicted octanol–water partition coefficient (Wildman–Crippen LogP) is 0.0557. The third-order valence-corrected chi connectivity index (χ3v) is 0.827. The lowest BCUT2D eigenvalue weighted by molar-refractivity contribution is -0.742. The number of rotatable bonds is 4. The quantitative estimate of drug-likeness (QED) is 0.363. The molecule has 0 aliphatic rings. The predicted molar refractivity (Wildman–Crippen MR) is 42.1 cm³/mol. The molecule has 0 aromatic carbocycles. The van der Waals surface area contributed by atoms with Crippen LogP contribution in [0, 0.1) is 32.8 Å². The van der Waals surface area contributed by atoms with Crippen molar-refractivity contribution in [3.63, 3.8) is 0 Å². The maximum Gasteiger partial charge on any atom is 0.291 e. The lowest BCUT2D eigenvalue weighted by Crippen LogP contribution is -2.15. The molecule has 13 heavy (non-hydrogen) atoms. The van der Waals surface area contributed by atoms with Gasteiger partial charge in [-0.15, -0.1) is 10.1 Å². The van der Waals surface area contributed by atoms with Crippen LogP contribution in [0.3, 0.4) is 0 Å². The molecule has 0 saturated carbocycles. The van der Waals surface area contributed by atoms with Gasteiger partial charge in [0, 0.05) is 25.9 Å². The number of nitrogens with one attached hydrogen (secondary N) is 1. The van der Waals surface area contributed by atoms with E-state index in [1.165, 1.54) is 0 Å². The van der Waals surface area contributed by atoms with E-state index < -0.39 is 5.09 Å². The van der Waals surface area contributed by atoms with E-state index in [2.05, 4.69) is 5.32 Å². The molecular weight excluding hydrogens is 176 g/mol. The summed E-state index contributed by atoms with van der Waals surface area (Å²) in [5.74, 6) is 0. The molecule has 0 aromatic heterocycles. The molecule has 0 heterocycles. The number of hydrogen-bond donors (Lipinski definition) is 2. The summed E-state index contributed by atoms with van der Waals surface area (Å²) < 4.78 is 0. The maximum absolute atomic E-state index is 8.36. The van der Waals surface area contributed by atoms with Gasteiger partial charge in [-0.25, -0.2) is 0 Å². The van der Waals surface area contributed by atoms with Gasteiger partial charge in [-0.3, -0.25) is 0 Å². The SMILES string of the molecule is N#CCCNCCC#N.O=[N+]([O-])O. The molecule has 2 N–H and O–H groups in total. The highest BCUT2D eigenvalue weighted by molar-refractivity contribution is 4.73. The van der Waals surface area contributed by atoms with E-state index in [0.717, 1.165) is 0 Å². The third-order valence-electron chi connectivity index (χ3n) is 0.827. The highest BCUT2D eigenvalue weighted by atomic mass is 16.9. The molecule has 0 fully saturated rings. The van der Waals surface area contributed by atoms with Crippen LogP contribution in [0.4, 0.5) is 0 Å². The highest BCUT2D eigenvalue weighted by Crippen LogP contribution is 1.72.